The Kier molecular flexibility index (Phi) is 4.40. The molecule has 0 bridgehead atoms. The van der Waals surface area contributed by atoms with Gasteiger partial charge in [-0.2, -0.15) is 0 Å². The second-order valence-corrected chi connectivity index (χ2v) is 8.55. The van der Waals surface area contributed by atoms with E-state index in [-0.39, 0.29) is 11.4 Å². The van der Waals surface area contributed by atoms with Crippen LogP contribution in [0.3, 0.4) is 0 Å². The highest BCUT2D eigenvalue weighted by atomic mass is 19.1. The van der Waals surface area contributed by atoms with E-state index in [1.807, 2.05) is 24.3 Å². The fourth-order valence-corrected chi connectivity index (χ4v) is 4.61. The molecular formula is C27H24FNO2. The van der Waals surface area contributed by atoms with Gasteiger partial charge in [-0.1, -0.05) is 36.4 Å². The van der Waals surface area contributed by atoms with Gasteiger partial charge < -0.3 is 14.8 Å². The molecule has 3 aromatic rings. The van der Waals surface area contributed by atoms with Gasteiger partial charge in [0.1, 0.15) is 23.1 Å². The molecule has 2 aliphatic heterocycles. The lowest BCUT2D eigenvalue weighted by molar-refractivity contribution is 0.412. The molecule has 156 valence electrons. The molecule has 3 aromatic carbocycles. The third-order valence-corrected chi connectivity index (χ3v) is 5.77. The summed E-state index contributed by atoms with van der Waals surface area (Å²) in [6, 6.07) is 16.7. The molecular weight excluding hydrogens is 389 g/mol. The van der Waals surface area contributed by atoms with Gasteiger partial charge >= 0.3 is 0 Å². The molecule has 3 nitrogen and oxygen atoms in total. The lowest BCUT2D eigenvalue weighted by Crippen LogP contribution is -2.32. The summed E-state index contributed by atoms with van der Waals surface area (Å²) in [4.78, 5) is 0. The molecule has 0 aromatic heterocycles. The van der Waals surface area contributed by atoms with Crippen LogP contribution in [0.5, 0.6) is 11.5 Å². The number of anilines is 1. The van der Waals surface area contributed by atoms with Crippen molar-refractivity contribution >= 4 is 23.1 Å². The first-order chi connectivity index (χ1) is 14.9. The Bertz CT molecular complexity index is 1270. The van der Waals surface area contributed by atoms with Crippen LogP contribution in [0.25, 0.3) is 28.5 Å². The molecule has 5 rings (SSSR count). The molecule has 0 unspecified atom stereocenters. The molecule has 4 heteroatoms. The van der Waals surface area contributed by atoms with E-state index in [2.05, 4.69) is 44.3 Å². The smallest absolute Gasteiger partial charge is 0.139 e. The maximum absolute atomic E-state index is 14.5. The van der Waals surface area contributed by atoms with E-state index < -0.39 is 0 Å². The second-order valence-electron chi connectivity index (χ2n) is 8.55. The molecule has 2 heterocycles. The van der Waals surface area contributed by atoms with Crippen LogP contribution in [0.15, 0.2) is 60.7 Å². The molecule has 0 spiro atoms. The Balaban J connectivity index is 1.84. The highest BCUT2D eigenvalue weighted by Crippen LogP contribution is 2.51. The summed E-state index contributed by atoms with van der Waals surface area (Å²) < 4.78 is 26.6. The van der Waals surface area contributed by atoms with Crippen LogP contribution in [0.4, 0.5) is 10.1 Å². The summed E-state index contributed by atoms with van der Waals surface area (Å²) in [7, 11) is 1.66. The van der Waals surface area contributed by atoms with Crippen LogP contribution in [0, 0.1) is 5.82 Å². The monoisotopic (exact) mass is 413 g/mol. The number of methoxy groups -OCH3 is 1. The van der Waals surface area contributed by atoms with E-state index in [0.29, 0.717) is 17.1 Å². The lowest BCUT2D eigenvalue weighted by atomic mass is 9.83. The molecule has 2 aliphatic rings. The molecule has 0 atom stereocenters. The van der Waals surface area contributed by atoms with E-state index in [1.165, 1.54) is 6.07 Å². The van der Waals surface area contributed by atoms with Gasteiger partial charge in [-0.3, -0.25) is 0 Å². The zero-order valence-electron chi connectivity index (χ0n) is 18.0. The number of halogens is 1. The summed E-state index contributed by atoms with van der Waals surface area (Å²) in [5, 5.41) is 3.60. The molecule has 0 saturated heterocycles. The number of rotatable bonds is 2. The largest absolute Gasteiger partial charge is 0.496 e. The minimum absolute atomic E-state index is 0.161. The van der Waals surface area contributed by atoms with Crippen LogP contribution < -0.4 is 14.8 Å². The zero-order chi connectivity index (χ0) is 21.8. The number of allylic oxidation sites excluding steroid dienone is 1. The van der Waals surface area contributed by atoms with Gasteiger partial charge in [0.2, 0.25) is 0 Å². The second kappa shape index (κ2) is 7.02. The summed E-state index contributed by atoms with van der Waals surface area (Å²) in [6.45, 7) is 6.40. The van der Waals surface area contributed by atoms with E-state index in [9.17, 15) is 4.39 Å². The summed E-state index contributed by atoms with van der Waals surface area (Å²) in [5.74, 6) is 1.77. The Labute approximate surface area is 181 Å². The molecule has 0 radical (unpaired) electrons. The van der Waals surface area contributed by atoms with Crippen LogP contribution >= 0.6 is 0 Å². The molecule has 31 heavy (non-hydrogen) atoms. The summed E-state index contributed by atoms with van der Waals surface area (Å²) in [6.07, 6.45) is 4.00. The highest BCUT2D eigenvalue weighted by molar-refractivity contribution is 6.01. The van der Waals surface area contributed by atoms with E-state index in [4.69, 9.17) is 9.47 Å². The normalized spacial score (nSPS) is 16.9. The number of hydrogen-bond donors (Lipinski definition) is 1. The van der Waals surface area contributed by atoms with Crippen molar-refractivity contribution in [3.05, 3.63) is 83.2 Å². The van der Waals surface area contributed by atoms with Crippen molar-refractivity contribution < 1.29 is 13.9 Å². The Morgan fingerprint density at radius 1 is 0.968 bits per heavy atom. The quantitative estimate of drug-likeness (QED) is 0.491. The number of hydrogen-bond acceptors (Lipinski definition) is 3. The van der Waals surface area contributed by atoms with Crippen molar-refractivity contribution in [3.8, 4) is 22.6 Å². The number of nitrogens with one attached hydrogen (secondary N) is 1. The highest BCUT2D eigenvalue weighted by Gasteiger charge is 2.32. The first-order valence-electron chi connectivity index (χ1n) is 10.3. The van der Waals surface area contributed by atoms with Gasteiger partial charge in [0, 0.05) is 27.9 Å². The number of benzene rings is 3. The van der Waals surface area contributed by atoms with Crippen LogP contribution in [0.1, 0.15) is 37.5 Å². The molecule has 0 amide bonds. The third-order valence-electron chi connectivity index (χ3n) is 5.77. The molecule has 0 aliphatic carbocycles. The van der Waals surface area contributed by atoms with Gasteiger partial charge in [0.05, 0.1) is 18.2 Å². The van der Waals surface area contributed by atoms with Crippen molar-refractivity contribution in [2.75, 3.05) is 12.4 Å². The van der Waals surface area contributed by atoms with E-state index in [1.54, 1.807) is 25.3 Å². The number of ether oxygens (including phenoxy) is 2. The molecule has 1 N–H and O–H groups in total. The standard InChI is InChI=1S/C27H24FNO2/c1-16-15-27(2,3)29-20-13-12-18-25-21(30-4)10-7-11-22(25)31-23(26(18)24(16)20)14-17-8-5-6-9-19(17)28/h5-15,29H,1-4H3/b23-14-. The van der Waals surface area contributed by atoms with Crippen LogP contribution in [0.2, 0.25) is 0 Å². The number of fused-ring (bicyclic) bond motifs is 5. The zero-order valence-corrected chi connectivity index (χ0v) is 18.0. The van der Waals surface area contributed by atoms with Crippen molar-refractivity contribution in [3.63, 3.8) is 0 Å². The van der Waals surface area contributed by atoms with Gasteiger partial charge in [-0.15, -0.1) is 0 Å². The van der Waals surface area contributed by atoms with Crippen molar-refractivity contribution in [2.24, 2.45) is 0 Å². The van der Waals surface area contributed by atoms with E-state index in [0.717, 1.165) is 39.3 Å². The van der Waals surface area contributed by atoms with Crippen molar-refractivity contribution in [2.45, 2.75) is 26.3 Å². The van der Waals surface area contributed by atoms with Crippen LogP contribution in [-0.4, -0.2) is 12.6 Å². The van der Waals surface area contributed by atoms with Gasteiger partial charge in [0.15, 0.2) is 0 Å². The summed E-state index contributed by atoms with van der Waals surface area (Å²) in [5.41, 5.74) is 6.43. The van der Waals surface area contributed by atoms with Crippen LogP contribution in [-0.2, 0) is 0 Å². The first-order valence-corrected chi connectivity index (χ1v) is 10.3. The Hall–Kier alpha value is -3.53. The fourth-order valence-electron chi connectivity index (χ4n) is 4.61. The van der Waals surface area contributed by atoms with Gasteiger partial charge in [-0.05, 0) is 56.7 Å². The van der Waals surface area contributed by atoms with Crippen molar-refractivity contribution in [1.82, 2.24) is 0 Å². The van der Waals surface area contributed by atoms with E-state index >= 15 is 0 Å². The van der Waals surface area contributed by atoms with Gasteiger partial charge in [-0.25, -0.2) is 4.39 Å². The SMILES string of the molecule is COc1cccc2c1-c1ccc3c(c1/C(=C/c1ccccc1F)O2)C(C)=CC(C)(C)N3. The predicted molar refractivity (Wildman–Crippen MR) is 125 cm³/mol. The minimum Gasteiger partial charge on any atom is -0.496 e. The lowest BCUT2D eigenvalue weighted by Gasteiger charge is -2.35. The van der Waals surface area contributed by atoms with Gasteiger partial charge in [0.25, 0.3) is 0 Å². The fraction of sp³-hybridized carbons (Fsp3) is 0.185. The first kappa shape index (κ1) is 19.4. The topological polar surface area (TPSA) is 30.5 Å². The Morgan fingerprint density at radius 2 is 1.77 bits per heavy atom. The predicted octanol–water partition coefficient (Wildman–Crippen LogP) is 7.00. The average molecular weight is 413 g/mol. The maximum atomic E-state index is 14.5. The Morgan fingerprint density at radius 3 is 2.55 bits per heavy atom. The molecule has 0 saturated carbocycles. The third kappa shape index (κ3) is 3.19. The minimum atomic E-state index is -0.284. The van der Waals surface area contributed by atoms with Crippen molar-refractivity contribution in [1.29, 1.82) is 0 Å². The maximum Gasteiger partial charge on any atom is 0.139 e. The average Bonchev–Trinajstić information content (AvgIpc) is 2.73. The summed E-state index contributed by atoms with van der Waals surface area (Å²) >= 11 is 0. The molecule has 0 fully saturated rings.